The first-order valence-corrected chi connectivity index (χ1v) is 7.40. The van der Waals surface area contributed by atoms with E-state index in [1.165, 1.54) is 18.4 Å². The van der Waals surface area contributed by atoms with Gasteiger partial charge in [-0.2, -0.15) is 0 Å². The first kappa shape index (κ1) is 20.5. The Kier molecular flexibility index (Phi) is 10.0. The van der Waals surface area contributed by atoms with Crippen LogP contribution in [0.1, 0.15) is 38.3 Å². The van der Waals surface area contributed by atoms with Gasteiger partial charge in [0.1, 0.15) is 5.75 Å². The highest BCUT2D eigenvalue weighted by atomic mass is 35.5. The van der Waals surface area contributed by atoms with Gasteiger partial charge in [-0.3, -0.25) is 4.90 Å². The van der Waals surface area contributed by atoms with E-state index < -0.39 is 0 Å². The molecular weight excluding hydrogens is 307 g/mol. The van der Waals surface area contributed by atoms with Crippen molar-refractivity contribution >= 4 is 24.8 Å². The third kappa shape index (κ3) is 6.43. The average Bonchev–Trinajstić information content (AvgIpc) is 2.42. The molecule has 0 aliphatic carbocycles. The van der Waals surface area contributed by atoms with Crippen molar-refractivity contribution in [3.05, 3.63) is 29.8 Å². The standard InChI is InChI=1S/C16H26N2O.2ClH/c1-13(2)3-8-16(18-11-9-17-10-12-18)14-4-6-15(19)7-5-14;;/h4-7,13,16-17,19H,3,8-12H2,1-2H3;2*1H/t16-;;/m1../s1. The van der Waals surface area contributed by atoms with Gasteiger partial charge in [-0.15, -0.1) is 24.8 Å². The van der Waals surface area contributed by atoms with Gasteiger partial charge in [-0.05, 0) is 36.5 Å². The summed E-state index contributed by atoms with van der Waals surface area (Å²) in [6.45, 7) is 8.96. The van der Waals surface area contributed by atoms with Gasteiger partial charge >= 0.3 is 0 Å². The fourth-order valence-electron chi connectivity index (χ4n) is 2.74. The molecule has 0 saturated carbocycles. The number of hydrogen-bond donors (Lipinski definition) is 2. The van der Waals surface area contributed by atoms with Crippen molar-refractivity contribution in [1.29, 1.82) is 0 Å². The van der Waals surface area contributed by atoms with Crippen LogP contribution in [-0.2, 0) is 0 Å². The molecule has 3 nitrogen and oxygen atoms in total. The van der Waals surface area contributed by atoms with Gasteiger partial charge in [0.15, 0.2) is 0 Å². The maximum Gasteiger partial charge on any atom is 0.115 e. The molecule has 1 aliphatic rings. The minimum atomic E-state index is 0. The smallest absolute Gasteiger partial charge is 0.115 e. The van der Waals surface area contributed by atoms with Gasteiger partial charge in [0, 0.05) is 32.2 Å². The molecular formula is C16H28Cl2N2O. The number of nitrogens with one attached hydrogen (secondary N) is 1. The predicted octanol–water partition coefficient (Wildman–Crippen LogP) is 3.62. The largest absolute Gasteiger partial charge is 0.508 e. The van der Waals surface area contributed by atoms with Crippen LogP contribution in [0.4, 0.5) is 0 Å². The molecule has 1 aromatic rings. The van der Waals surface area contributed by atoms with Crippen LogP contribution in [0, 0.1) is 5.92 Å². The number of nitrogens with zero attached hydrogens (tertiary/aromatic N) is 1. The van der Waals surface area contributed by atoms with E-state index >= 15 is 0 Å². The second-order valence-electron chi connectivity index (χ2n) is 5.86. The van der Waals surface area contributed by atoms with Gasteiger partial charge in [0.25, 0.3) is 0 Å². The zero-order chi connectivity index (χ0) is 13.7. The van der Waals surface area contributed by atoms with Crippen molar-refractivity contribution in [3.63, 3.8) is 0 Å². The summed E-state index contributed by atoms with van der Waals surface area (Å²) in [6, 6.07) is 8.25. The lowest BCUT2D eigenvalue weighted by Gasteiger charge is -2.35. The van der Waals surface area contributed by atoms with Crippen molar-refractivity contribution in [2.24, 2.45) is 5.92 Å². The third-order valence-corrected chi connectivity index (χ3v) is 3.89. The van der Waals surface area contributed by atoms with Gasteiger partial charge < -0.3 is 10.4 Å². The van der Waals surface area contributed by atoms with E-state index in [1.54, 1.807) is 12.1 Å². The summed E-state index contributed by atoms with van der Waals surface area (Å²) in [4.78, 5) is 2.57. The molecule has 0 unspecified atom stereocenters. The highest BCUT2D eigenvalue weighted by molar-refractivity contribution is 5.85. The first-order valence-electron chi connectivity index (χ1n) is 7.40. The van der Waals surface area contributed by atoms with Crippen molar-refractivity contribution in [2.75, 3.05) is 26.2 Å². The maximum atomic E-state index is 9.44. The summed E-state index contributed by atoms with van der Waals surface area (Å²) >= 11 is 0. The summed E-state index contributed by atoms with van der Waals surface area (Å²) in [5.41, 5.74) is 1.33. The Balaban J connectivity index is 0.00000200. The molecule has 1 atom stereocenters. The number of phenols is 1. The van der Waals surface area contributed by atoms with Crippen molar-refractivity contribution in [1.82, 2.24) is 10.2 Å². The molecule has 2 rings (SSSR count). The first-order chi connectivity index (χ1) is 9.16. The molecule has 0 radical (unpaired) electrons. The number of phenolic OH excluding ortho intramolecular Hbond substituents is 1. The summed E-state index contributed by atoms with van der Waals surface area (Å²) in [6.07, 6.45) is 2.44. The van der Waals surface area contributed by atoms with Crippen molar-refractivity contribution < 1.29 is 5.11 Å². The van der Waals surface area contributed by atoms with Crippen LogP contribution in [0.2, 0.25) is 0 Å². The number of rotatable bonds is 5. The molecule has 0 bridgehead atoms. The van der Waals surface area contributed by atoms with Gasteiger partial charge in [-0.25, -0.2) is 0 Å². The maximum absolute atomic E-state index is 9.44. The lowest BCUT2D eigenvalue weighted by atomic mass is 9.95. The normalized spacial score (nSPS) is 16.9. The Bertz CT molecular complexity index is 378. The summed E-state index contributed by atoms with van der Waals surface area (Å²) in [5.74, 6) is 1.09. The highest BCUT2D eigenvalue weighted by Gasteiger charge is 2.22. The zero-order valence-electron chi connectivity index (χ0n) is 12.9. The summed E-state index contributed by atoms with van der Waals surface area (Å²) in [5, 5.41) is 12.9. The Morgan fingerprint density at radius 1 is 1.05 bits per heavy atom. The predicted molar refractivity (Wildman–Crippen MR) is 93.9 cm³/mol. The van der Waals surface area contributed by atoms with Crippen LogP contribution in [0.15, 0.2) is 24.3 Å². The fraction of sp³-hybridized carbons (Fsp3) is 0.625. The third-order valence-electron chi connectivity index (χ3n) is 3.89. The van der Waals surface area contributed by atoms with E-state index in [0.29, 0.717) is 11.8 Å². The Hall–Kier alpha value is -0.480. The van der Waals surface area contributed by atoms with Crippen LogP contribution >= 0.6 is 24.8 Å². The number of benzene rings is 1. The molecule has 0 spiro atoms. The van der Waals surface area contributed by atoms with Crippen LogP contribution < -0.4 is 5.32 Å². The summed E-state index contributed by atoms with van der Waals surface area (Å²) < 4.78 is 0. The van der Waals surface area contributed by atoms with Crippen LogP contribution in [0.3, 0.4) is 0 Å². The zero-order valence-corrected chi connectivity index (χ0v) is 14.6. The number of halogens is 2. The second kappa shape index (κ2) is 10.3. The highest BCUT2D eigenvalue weighted by Crippen LogP contribution is 2.28. The molecule has 0 amide bonds. The van der Waals surface area contributed by atoms with E-state index in [-0.39, 0.29) is 24.8 Å². The average molecular weight is 335 g/mol. The van der Waals surface area contributed by atoms with Gasteiger partial charge in [-0.1, -0.05) is 26.0 Å². The SMILES string of the molecule is CC(C)CC[C@H](c1ccc(O)cc1)N1CCNCC1.Cl.Cl. The van der Waals surface area contributed by atoms with E-state index in [9.17, 15) is 5.11 Å². The molecule has 5 heteroatoms. The van der Waals surface area contributed by atoms with Gasteiger partial charge in [0.2, 0.25) is 0 Å². The lowest BCUT2D eigenvalue weighted by molar-refractivity contribution is 0.159. The van der Waals surface area contributed by atoms with E-state index in [0.717, 1.165) is 32.1 Å². The van der Waals surface area contributed by atoms with E-state index in [1.807, 2.05) is 0 Å². The van der Waals surface area contributed by atoms with E-state index in [4.69, 9.17) is 0 Å². The van der Waals surface area contributed by atoms with Crippen LogP contribution in [0.25, 0.3) is 0 Å². The monoisotopic (exact) mass is 334 g/mol. The van der Waals surface area contributed by atoms with E-state index in [2.05, 4.69) is 36.2 Å². The topological polar surface area (TPSA) is 35.5 Å². The van der Waals surface area contributed by atoms with Crippen LogP contribution in [-0.4, -0.2) is 36.2 Å². The molecule has 1 aliphatic heterocycles. The molecule has 122 valence electrons. The minimum Gasteiger partial charge on any atom is -0.508 e. The number of piperazine rings is 1. The second-order valence-corrected chi connectivity index (χ2v) is 5.86. The molecule has 1 fully saturated rings. The molecule has 21 heavy (non-hydrogen) atoms. The summed E-state index contributed by atoms with van der Waals surface area (Å²) in [7, 11) is 0. The molecule has 1 aromatic carbocycles. The van der Waals surface area contributed by atoms with Crippen molar-refractivity contribution in [2.45, 2.75) is 32.7 Å². The van der Waals surface area contributed by atoms with Crippen LogP contribution in [0.5, 0.6) is 5.75 Å². The number of hydrogen-bond acceptors (Lipinski definition) is 3. The van der Waals surface area contributed by atoms with Crippen molar-refractivity contribution in [3.8, 4) is 5.75 Å². The Labute approximate surface area is 140 Å². The Morgan fingerprint density at radius 2 is 1.62 bits per heavy atom. The quantitative estimate of drug-likeness (QED) is 0.863. The van der Waals surface area contributed by atoms with Gasteiger partial charge in [0.05, 0.1) is 0 Å². The number of aromatic hydroxyl groups is 1. The molecule has 2 N–H and O–H groups in total. The molecule has 1 heterocycles. The fourth-order valence-corrected chi connectivity index (χ4v) is 2.74. The molecule has 0 aromatic heterocycles. The Morgan fingerprint density at radius 3 is 2.14 bits per heavy atom. The minimum absolute atomic E-state index is 0. The lowest BCUT2D eigenvalue weighted by Crippen LogP contribution is -2.45. The molecule has 1 saturated heterocycles.